The Kier molecular flexibility index (Phi) is 3.02. The Bertz CT molecular complexity index is 221. The summed E-state index contributed by atoms with van der Waals surface area (Å²) in [6, 6.07) is 0. The van der Waals surface area contributed by atoms with Crippen molar-refractivity contribution in [2.75, 3.05) is 0 Å². The minimum Gasteiger partial charge on any atom is -0.259 e. The smallest absolute Gasteiger partial charge is 0.242 e. The first-order valence-corrected chi connectivity index (χ1v) is 4.18. The van der Waals surface area contributed by atoms with Crippen molar-refractivity contribution < 1.29 is 4.92 Å². The van der Waals surface area contributed by atoms with Crippen LogP contribution in [0.15, 0.2) is 24.4 Å². The Hall–Kier alpha value is -1.12. The Labute approximate surface area is 71.9 Å². The van der Waals surface area contributed by atoms with E-state index in [9.17, 15) is 10.1 Å². The molecule has 0 aromatic rings. The molecule has 0 N–H and O–H groups in total. The minimum atomic E-state index is -0.269. The van der Waals surface area contributed by atoms with E-state index < -0.39 is 0 Å². The molecule has 0 bridgehead atoms. The molecular weight excluding hydrogens is 154 g/mol. The first-order valence-electron chi connectivity index (χ1n) is 4.18. The molecule has 0 amide bonds. The van der Waals surface area contributed by atoms with Gasteiger partial charge in [-0.3, -0.25) is 10.1 Å². The quantitative estimate of drug-likeness (QED) is 0.368. The van der Waals surface area contributed by atoms with Gasteiger partial charge < -0.3 is 0 Å². The molecule has 0 aromatic carbocycles. The summed E-state index contributed by atoms with van der Waals surface area (Å²) < 4.78 is 0. The van der Waals surface area contributed by atoms with Gasteiger partial charge in [-0.25, -0.2) is 0 Å². The lowest BCUT2D eigenvalue weighted by Gasteiger charge is -2.15. The Morgan fingerprint density at radius 1 is 1.83 bits per heavy atom. The van der Waals surface area contributed by atoms with E-state index in [4.69, 9.17) is 0 Å². The van der Waals surface area contributed by atoms with E-state index in [0.29, 0.717) is 18.0 Å². The summed E-state index contributed by atoms with van der Waals surface area (Å²) in [7, 11) is 0. The summed E-state index contributed by atoms with van der Waals surface area (Å²) in [6.45, 7) is 3.64. The third-order valence-corrected chi connectivity index (χ3v) is 2.19. The molecule has 0 fully saturated rings. The summed E-state index contributed by atoms with van der Waals surface area (Å²) in [5.41, 5.74) is 0.383. The van der Waals surface area contributed by atoms with Crippen LogP contribution in [0.2, 0.25) is 0 Å². The molecular formula is C9H13NO2. The lowest BCUT2D eigenvalue weighted by Crippen LogP contribution is -2.11. The van der Waals surface area contributed by atoms with E-state index in [1.165, 1.54) is 0 Å². The predicted molar refractivity (Wildman–Crippen MR) is 47.2 cm³/mol. The standard InChI is InChI=1S/C9H13NO2/c1-2-4-8-5-3-6-9(7-8)10(11)12/h2,6,8H,1,3-5,7H2/t8-/m0/s1. The zero-order chi connectivity index (χ0) is 8.97. The number of hydrogen-bond donors (Lipinski definition) is 0. The summed E-state index contributed by atoms with van der Waals surface area (Å²) >= 11 is 0. The van der Waals surface area contributed by atoms with Gasteiger partial charge in [-0.1, -0.05) is 6.08 Å². The fourth-order valence-corrected chi connectivity index (χ4v) is 1.55. The number of nitro groups is 1. The Morgan fingerprint density at radius 2 is 2.58 bits per heavy atom. The number of nitrogens with zero attached hydrogens (tertiary/aromatic N) is 1. The van der Waals surface area contributed by atoms with Crippen molar-refractivity contribution in [2.45, 2.75) is 25.7 Å². The summed E-state index contributed by atoms with van der Waals surface area (Å²) in [5, 5.41) is 10.4. The van der Waals surface area contributed by atoms with Gasteiger partial charge in [-0.15, -0.1) is 6.58 Å². The average Bonchev–Trinajstić information content (AvgIpc) is 2.05. The SMILES string of the molecule is C=CC[C@H]1CCC=C([N+](=O)[O-])C1. The molecule has 3 nitrogen and oxygen atoms in total. The summed E-state index contributed by atoms with van der Waals surface area (Å²) in [5.74, 6) is 0.438. The minimum absolute atomic E-state index is 0.269. The van der Waals surface area contributed by atoms with Crippen LogP contribution in [-0.4, -0.2) is 4.92 Å². The van der Waals surface area contributed by atoms with Gasteiger partial charge in [0.15, 0.2) is 0 Å². The third kappa shape index (κ3) is 2.19. The van der Waals surface area contributed by atoms with Crippen LogP contribution in [0.5, 0.6) is 0 Å². The predicted octanol–water partition coefficient (Wildman–Crippen LogP) is 2.52. The fourth-order valence-electron chi connectivity index (χ4n) is 1.55. The monoisotopic (exact) mass is 167 g/mol. The zero-order valence-electron chi connectivity index (χ0n) is 7.03. The van der Waals surface area contributed by atoms with Crippen LogP contribution in [0.25, 0.3) is 0 Å². The van der Waals surface area contributed by atoms with E-state index >= 15 is 0 Å². The highest BCUT2D eigenvalue weighted by Crippen LogP contribution is 2.26. The second-order valence-corrected chi connectivity index (χ2v) is 3.12. The van der Waals surface area contributed by atoms with Crippen LogP contribution < -0.4 is 0 Å². The van der Waals surface area contributed by atoms with Crippen molar-refractivity contribution in [3.05, 3.63) is 34.5 Å². The normalized spacial score (nSPS) is 23.0. The molecule has 0 radical (unpaired) electrons. The largest absolute Gasteiger partial charge is 0.259 e. The number of rotatable bonds is 3. The van der Waals surface area contributed by atoms with Crippen molar-refractivity contribution in [1.82, 2.24) is 0 Å². The molecule has 12 heavy (non-hydrogen) atoms. The molecule has 1 rings (SSSR count). The Morgan fingerprint density at radius 3 is 3.17 bits per heavy atom. The highest BCUT2D eigenvalue weighted by molar-refractivity contribution is 4.99. The molecule has 0 saturated carbocycles. The third-order valence-electron chi connectivity index (χ3n) is 2.19. The second kappa shape index (κ2) is 4.04. The lowest BCUT2D eigenvalue weighted by molar-refractivity contribution is -0.430. The van der Waals surface area contributed by atoms with Gasteiger partial charge in [-0.2, -0.15) is 0 Å². The van der Waals surface area contributed by atoms with E-state index in [-0.39, 0.29) is 4.92 Å². The maximum atomic E-state index is 10.4. The first-order chi connectivity index (χ1) is 5.74. The van der Waals surface area contributed by atoms with Gasteiger partial charge in [0.05, 0.1) is 4.92 Å². The average molecular weight is 167 g/mol. The van der Waals surface area contributed by atoms with Crippen molar-refractivity contribution >= 4 is 0 Å². The van der Waals surface area contributed by atoms with Crippen LogP contribution in [0.1, 0.15) is 25.7 Å². The van der Waals surface area contributed by atoms with Crippen LogP contribution in [0, 0.1) is 16.0 Å². The van der Waals surface area contributed by atoms with Crippen LogP contribution in [0.4, 0.5) is 0 Å². The fraction of sp³-hybridized carbons (Fsp3) is 0.556. The molecule has 1 aliphatic carbocycles. The van der Waals surface area contributed by atoms with Gasteiger partial charge in [0.1, 0.15) is 0 Å². The number of hydrogen-bond acceptors (Lipinski definition) is 2. The van der Waals surface area contributed by atoms with Crippen LogP contribution in [0.3, 0.4) is 0 Å². The molecule has 0 heterocycles. The molecule has 3 heteroatoms. The van der Waals surface area contributed by atoms with Crippen molar-refractivity contribution in [1.29, 1.82) is 0 Å². The van der Waals surface area contributed by atoms with E-state index in [1.807, 2.05) is 6.08 Å². The van der Waals surface area contributed by atoms with E-state index in [1.54, 1.807) is 6.08 Å². The van der Waals surface area contributed by atoms with E-state index in [2.05, 4.69) is 6.58 Å². The van der Waals surface area contributed by atoms with Gasteiger partial charge >= 0.3 is 0 Å². The second-order valence-electron chi connectivity index (χ2n) is 3.12. The van der Waals surface area contributed by atoms with Crippen LogP contribution >= 0.6 is 0 Å². The summed E-state index contributed by atoms with van der Waals surface area (Å²) in [6.07, 6.45) is 6.98. The maximum absolute atomic E-state index is 10.4. The van der Waals surface area contributed by atoms with E-state index in [0.717, 1.165) is 19.3 Å². The van der Waals surface area contributed by atoms with Crippen molar-refractivity contribution in [3.63, 3.8) is 0 Å². The van der Waals surface area contributed by atoms with Gasteiger partial charge in [0, 0.05) is 6.42 Å². The summed E-state index contributed by atoms with van der Waals surface area (Å²) in [4.78, 5) is 10.1. The molecule has 0 saturated heterocycles. The molecule has 0 aromatic heterocycles. The molecule has 0 unspecified atom stereocenters. The van der Waals surface area contributed by atoms with Crippen molar-refractivity contribution in [3.8, 4) is 0 Å². The molecule has 1 aliphatic rings. The Balaban J connectivity index is 2.53. The molecule has 0 aliphatic heterocycles. The molecule has 66 valence electrons. The highest BCUT2D eigenvalue weighted by atomic mass is 16.6. The first kappa shape index (κ1) is 8.97. The number of allylic oxidation sites excluding steroid dienone is 3. The van der Waals surface area contributed by atoms with Crippen LogP contribution in [-0.2, 0) is 0 Å². The van der Waals surface area contributed by atoms with Crippen molar-refractivity contribution in [2.24, 2.45) is 5.92 Å². The lowest BCUT2D eigenvalue weighted by atomic mass is 9.90. The van der Waals surface area contributed by atoms with Gasteiger partial charge in [0.2, 0.25) is 5.70 Å². The van der Waals surface area contributed by atoms with Gasteiger partial charge in [-0.05, 0) is 31.3 Å². The highest BCUT2D eigenvalue weighted by Gasteiger charge is 2.21. The van der Waals surface area contributed by atoms with Gasteiger partial charge in [0.25, 0.3) is 0 Å². The molecule has 0 spiro atoms. The zero-order valence-corrected chi connectivity index (χ0v) is 7.03. The topological polar surface area (TPSA) is 43.1 Å². The maximum Gasteiger partial charge on any atom is 0.242 e. The molecule has 1 atom stereocenters.